The molecule has 0 N–H and O–H groups in total. The van der Waals surface area contributed by atoms with Crippen LogP contribution in [-0.2, 0) is 4.79 Å². The number of carbonyl (C=O) groups is 1. The maximum atomic E-state index is 12.7. The van der Waals surface area contributed by atoms with Crippen LogP contribution in [0.3, 0.4) is 0 Å². The second-order valence-electron chi connectivity index (χ2n) is 7.91. The fourth-order valence-corrected chi connectivity index (χ4v) is 4.20. The Morgan fingerprint density at radius 2 is 1.96 bits per heavy atom. The molecule has 4 heteroatoms. The summed E-state index contributed by atoms with van der Waals surface area (Å²) in [4.78, 5) is 19.6. The van der Waals surface area contributed by atoms with Crippen LogP contribution in [0.25, 0.3) is 11.1 Å². The predicted octanol–water partition coefficient (Wildman–Crippen LogP) is 4.57. The van der Waals surface area contributed by atoms with Crippen LogP contribution in [-0.4, -0.2) is 36.0 Å². The number of piperidine rings is 1. The molecule has 0 radical (unpaired) electrons. The van der Waals surface area contributed by atoms with E-state index in [1.165, 1.54) is 12.0 Å². The molecule has 1 aliphatic heterocycles. The lowest BCUT2D eigenvalue weighted by molar-refractivity contribution is -0.139. The van der Waals surface area contributed by atoms with Gasteiger partial charge in [0.25, 0.3) is 0 Å². The Morgan fingerprint density at radius 1 is 1.11 bits per heavy atom. The number of hydrogen-bond acceptors (Lipinski definition) is 3. The third kappa shape index (κ3) is 3.85. The number of pyridine rings is 1. The lowest BCUT2D eigenvalue weighted by atomic mass is 9.83. The number of likely N-dealkylation sites (tertiary alicyclic amines) is 1. The molecule has 1 saturated heterocycles. The Balaban J connectivity index is 1.57. The summed E-state index contributed by atoms with van der Waals surface area (Å²) in [5, 5.41) is 0. The maximum absolute atomic E-state index is 12.7. The lowest BCUT2D eigenvalue weighted by Crippen LogP contribution is -2.44. The highest BCUT2D eigenvalue weighted by molar-refractivity contribution is 5.79. The average Bonchev–Trinajstić information content (AvgIpc) is 2.66. The van der Waals surface area contributed by atoms with Crippen molar-refractivity contribution in [3.8, 4) is 16.9 Å². The maximum Gasteiger partial charge on any atom is 0.225 e. The van der Waals surface area contributed by atoms with E-state index in [4.69, 9.17) is 9.72 Å². The molecule has 2 aliphatic rings. The van der Waals surface area contributed by atoms with E-state index in [1.807, 2.05) is 19.1 Å². The second-order valence-corrected chi connectivity index (χ2v) is 7.91. The van der Waals surface area contributed by atoms with Gasteiger partial charge in [-0.25, -0.2) is 0 Å². The number of amides is 1. The van der Waals surface area contributed by atoms with Gasteiger partial charge in [0.05, 0.1) is 7.11 Å². The molecule has 0 spiro atoms. The molecule has 0 unspecified atom stereocenters. The summed E-state index contributed by atoms with van der Waals surface area (Å²) in [6.45, 7) is 3.76. The fraction of sp³-hybridized carbons (Fsp3) is 0.478. The van der Waals surface area contributed by atoms with E-state index in [1.54, 1.807) is 7.11 Å². The molecule has 4 nitrogen and oxygen atoms in total. The van der Waals surface area contributed by atoms with Gasteiger partial charge in [0.15, 0.2) is 0 Å². The van der Waals surface area contributed by atoms with E-state index in [2.05, 4.69) is 29.2 Å². The number of rotatable bonds is 4. The largest absolute Gasteiger partial charge is 0.497 e. The number of benzene rings is 1. The van der Waals surface area contributed by atoms with Gasteiger partial charge < -0.3 is 9.64 Å². The highest BCUT2D eigenvalue weighted by Crippen LogP contribution is 2.33. The smallest absolute Gasteiger partial charge is 0.225 e. The van der Waals surface area contributed by atoms with Gasteiger partial charge in [0.2, 0.25) is 5.91 Å². The van der Waals surface area contributed by atoms with Crippen molar-refractivity contribution < 1.29 is 9.53 Å². The first-order chi connectivity index (χ1) is 13.1. The Kier molecular flexibility index (Phi) is 5.15. The first-order valence-electron chi connectivity index (χ1n) is 10.1. The van der Waals surface area contributed by atoms with Crippen molar-refractivity contribution >= 4 is 5.91 Å². The first-order valence-corrected chi connectivity index (χ1v) is 10.1. The van der Waals surface area contributed by atoms with Gasteiger partial charge in [-0.2, -0.15) is 0 Å². The normalized spacial score (nSPS) is 20.2. The van der Waals surface area contributed by atoms with Crippen molar-refractivity contribution in [1.29, 1.82) is 0 Å². The first kappa shape index (κ1) is 18.0. The average molecular weight is 364 g/mol. The highest BCUT2D eigenvalue weighted by Gasteiger charge is 2.33. The molecular formula is C23H28N2O2. The molecule has 2 fully saturated rings. The van der Waals surface area contributed by atoms with E-state index >= 15 is 0 Å². The van der Waals surface area contributed by atoms with E-state index in [0.717, 1.165) is 61.5 Å². The molecule has 1 saturated carbocycles. The number of ether oxygens (including phenoxy) is 1. The summed E-state index contributed by atoms with van der Waals surface area (Å²) in [6, 6.07) is 12.5. The predicted molar refractivity (Wildman–Crippen MR) is 107 cm³/mol. The van der Waals surface area contributed by atoms with E-state index in [9.17, 15) is 4.79 Å². The second kappa shape index (κ2) is 7.71. The van der Waals surface area contributed by atoms with Gasteiger partial charge in [-0.3, -0.25) is 9.78 Å². The third-order valence-electron chi connectivity index (χ3n) is 5.98. The third-order valence-corrected chi connectivity index (χ3v) is 5.98. The minimum atomic E-state index is 0.279. The van der Waals surface area contributed by atoms with Gasteiger partial charge >= 0.3 is 0 Å². The molecule has 142 valence electrons. The molecule has 2 aromatic rings. The monoisotopic (exact) mass is 364 g/mol. The number of aromatic nitrogens is 1. The zero-order valence-corrected chi connectivity index (χ0v) is 16.3. The number of hydrogen-bond donors (Lipinski definition) is 0. The van der Waals surface area contributed by atoms with Crippen molar-refractivity contribution in [1.82, 2.24) is 9.88 Å². The number of methoxy groups -OCH3 is 1. The molecule has 4 rings (SSSR count). The number of carbonyl (C=O) groups excluding carboxylic acids is 1. The zero-order valence-electron chi connectivity index (χ0n) is 16.3. The Morgan fingerprint density at radius 3 is 2.70 bits per heavy atom. The van der Waals surface area contributed by atoms with Crippen LogP contribution in [0.2, 0.25) is 0 Å². The molecule has 27 heavy (non-hydrogen) atoms. The Hall–Kier alpha value is -2.36. The highest BCUT2D eigenvalue weighted by atomic mass is 16.5. The topological polar surface area (TPSA) is 42.4 Å². The van der Waals surface area contributed by atoms with E-state index in [0.29, 0.717) is 11.8 Å². The van der Waals surface area contributed by atoms with Crippen LogP contribution < -0.4 is 4.74 Å². The molecule has 1 aromatic heterocycles. The Bertz CT molecular complexity index is 829. The van der Waals surface area contributed by atoms with Crippen LogP contribution in [0.15, 0.2) is 36.4 Å². The molecule has 1 aromatic carbocycles. The Labute approximate surface area is 161 Å². The quantitative estimate of drug-likeness (QED) is 0.798. The van der Waals surface area contributed by atoms with Gasteiger partial charge in [0.1, 0.15) is 5.75 Å². The minimum Gasteiger partial charge on any atom is -0.497 e. The number of nitrogens with zero attached hydrogens (tertiary/aromatic N) is 2. The summed E-state index contributed by atoms with van der Waals surface area (Å²) < 4.78 is 5.37. The van der Waals surface area contributed by atoms with Gasteiger partial charge in [0, 0.05) is 36.3 Å². The minimum absolute atomic E-state index is 0.279. The molecule has 1 aliphatic carbocycles. The molecule has 0 bridgehead atoms. The van der Waals surface area contributed by atoms with Crippen molar-refractivity contribution in [2.45, 2.75) is 44.9 Å². The van der Waals surface area contributed by atoms with Gasteiger partial charge in [-0.05, 0) is 68.0 Å². The van der Waals surface area contributed by atoms with Crippen molar-refractivity contribution in [3.63, 3.8) is 0 Å². The van der Waals surface area contributed by atoms with Gasteiger partial charge in [-0.1, -0.05) is 18.6 Å². The standard InChI is InChI=1S/C23H28N2O2/c1-16-12-20(18-8-4-10-21(13-18)27-2)14-22(24-16)19-9-5-11-25(15-19)23(26)17-6-3-7-17/h4,8,10,12-14,17,19H,3,5-7,9,11,15H2,1-2H3/t19-/m0/s1. The molecular weight excluding hydrogens is 336 g/mol. The summed E-state index contributed by atoms with van der Waals surface area (Å²) in [7, 11) is 1.69. The molecule has 2 heterocycles. The fourth-order valence-electron chi connectivity index (χ4n) is 4.20. The van der Waals surface area contributed by atoms with Crippen LogP contribution in [0.1, 0.15) is 49.4 Å². The van der Waals surface area contributed by atoms with Gasteiger partial charge in [-0.15, -0.1) is 0 Å². The SMILES string of the molecule is COc1cccc(-c2cc(C)nc([C@H]3CCCN(C(=O)C4CCC4)C3)c2)c1. The van der Waals surface area contributed by atoms with Crippen molar-refractivity contribution in [2.75, 3.05) is 20.2 Å². The lowest BCUT2D eigenvalue weighted by Gasteiger charge is -2.37. The van der Waals surface area contributed by atoms with Crippen molar-refractivity contribution in [2.24, 2.45) is 5.92 Å². The summed E-state index contributed by atoms with van der Waals surface area (Å²) in [5.74, 6) is 1.83. The summed E-state index contributed by atoms with van der Waals surface area (Å²) in [5.41, 5.74) is 4.44. The summed E-state index contributed by atoms with van der Waals surface area (Å²) in [6.07, 6.45) is 5.51. The zero-order chi connectivity index (χ0) is 18.8. The molecule has 1 atom stereocenters. The summed E-state index contributed by atoms with van der Waals surface area (Å²) >= 11 is 0. The van der Waals surface area contributed by atoms with Crippen LogP contribution in [0.5, 0.6) is 5.75 Å². The molecule has 1 amide bonds. The van der Waals surface area contributed by atoms with Crippen molar-refractivity contribution in [3.05, 3.63) is 47.8 Å². The van der Waals surface area contributed by atoms with Crippen LogP contribution in [0, 0.1) is 12.8 Å². The van der Waals surface area contributed by atoms with E-state index in [-0.39, 0.29) is 5.92 Å². The van der Waals surface area contributed by atoms with E-state index < -0.39 is 0 Å². The van der Waals surface area contributed by atoms with Crippen LogP contribution in [0.4, 0.5) is 0 Å². The van der Waals surface area contributed by atoms with Crippen LogP contribution >= 0.6 is 0 Å². The number of aryl methyl sites for hydroxylation is 1.